The highest BCUT2D eigenvalue weighted by Gasteiger charge is 2.24. The van der Waals surface area contributed by atoms with Crippen molar-refractivity contribution in [3.63, 3.8) is 0 Å². The van der Waals surface area contributed by atoms with Gasteiger partial charge in [-0.05, 0) is 48.0 Å². The maximum Gasteiger partial charge on any atom is 0.363 e. The molecule has 3 rings (SSSR count). The number of carbonyl (C=O) groups excluding carboxylic acids is 1. The van der Waals surface area contributed by atoms with Gasteiger partial charge >= 0.3 is 5.97 Å². The van der Waals surface area contributed by atoms with E-state index in [2.05, 4.69) is 18.2 Å². The molecule has 0 N–H and O–H groups in total. The topological polar surface area (TPSA) is 57.1 Å². The zero-order valence-corrected chi connectivity index (χ0v) is 15.8. The van der Waals surface area contributed by atoms with Gasteiger partial charge in [-0.1, -0.05) is 43.0 Å². The molecule has 1 heterocycles. The number of rotatable bonds is 8. The molecule has 0 aromatic heterocycles. The summed E-state index contributed by atoms with van der Waals surface area (Å²) >= 11 is 5.89. The van der Waals surface area contributed by atoms with E-state index in [1.165, 1.54) is 0 Å². The highest BCUT2D eigenvalue weighted by molar-refractivity contribution is 6.30. The van der Waals surface area contributed by atoms with Gasteiger partial charge in [-0.3, -0.25) is 0 Å². The lowest BCUT2D eigenvalue weighted by Crippen LogP contribution is -2.05. The van der Waals surface area contributed by atoms with Gasteiger partial charge in [0, 0.05) is 10.6 Å². The zero-order chi connectivity index (χ0) is 19.9. The van der Waals surface area contributed by atoms with Gasteiger partial charge in [0.1, 0.15) is 13.2 Å². The van der Waals surface area contributed by atoms with E-state index < -0.39 is 5.97 Å². The second kappa shape index (κ2) is 9.06. The van der Waals surface area contributed by atoms with Crippen molar-refractivity contribution in [2.75, 3.05) is 13.2 Å². The number of cyclic esters (lactones) is 1. The molecule has 0 saturated carbocycles. The standard InChI is InChI=1S/C22H18ClNO4/c1-3-11-26-19-10-5-15(14-20(19)27-12-4-2)13-18-22(25)28-21(24-18)16-6-8-17(23)9-7-16/h3-10,13-14H,1-2,11-12H2/b18-13-. The van der Waals surface area contributed by atoms with Gasteiger partial charge in [0.25, 0.3) is 0 Å². The van der Waals surface area contributed by atoms with Crippen LogP contribution < -0.4 is 9.47 Å². The Labute approximate surface area is 168 Å². The van der Waals surface area contributed by atoms with Crippen molar-refractivity contribution in [1.29, 1.82) is 0 Å². The molecular formula is C22H18ClNO4. The Kier molecular flexibility index (Phi) is 6.29. The Balaban J connectivity index is 1.88. The Morgan fingerprint density at radius 2 is 1.68 bits per heavy atom. The van der Waals surface area contributed by atoms with Crippen LogP contribution in [-0.4, -0.2) is 25.1 Å². The number of ether oxygens (including phenoxy) is 3. The molecule has 0 saturated heterocycles. The third-order valence-corrected chi connectivity index (χ3v) is 3.95. The molecule has 28 heavy (non-hydrogen) atoms. The van der Waals surface area contributed by atoms with Crippen LogP contribution in [0.3, 0.4) is 0 Å². The second-order valence-corrected chi connectivity index (χ2v) is 6.18. The first-order chi connectivity index (χ1) is 13.6. The molecule has 142 valence electrons. The number of aliphatic imine (C=N–C) groups is 1. The number of carbonyl (C=O) groups is 1. The molecule has 0 unspecified atom stereocenters. The number of hydrogen-bond donors (Lipinski definition) is 0. The number of hydrogen-bond acceptors (Lipinski definition) is 5. The molecule has 0 radical (unpaired) electrons. The molecule has 0 bridgehead atoms. The van der Waals surface area contributed by atoms with E-state index in [9.17, 15) is 4.79 Å². The van der Waals surface area contributed by atoms with Crippen molar-refractivity contribution in [2.45, 2.75) is 0 Å². The first-order valence-electron chi connectivity index (χ1n) is 8.50. The summed E-state index contributed by atoms with van der Waals surface area (Å²) in [6.45, 7) is 7.96. The summed E-state index contributed by atoms with van der Waals surface area (Å²) in [6.07, 6.45) is 4.91. The van der Waals surface area contributed by atoms with Gasteiger partial charge < -0.3 is 14.2 Å². The van der Waals surface area contributed by atoms with Crippen LogP contribution in [0.1, 0.15) is 11.1 Å². The Morgan fingerprint density at radius 1 is 1.00 bits per heavy atom. The Hall–Kier alpha value is -3.31. The van der Waals surface area contributed by atoms with Crippen LogP contribution in [0.5, 0.6) is 11.5 Å². The summed E-state index contributed by atoms with van der Waals surface area (Å²) in [5, 5.41) is 0.593. The van der Waals surface area contributed by atoms with E-state index in [1.54, 1.807) is 60.7 Å². The average molecular weight is 396 g/mol. The van der Waals surface area contributed by atoms with Gasteiger partial charge in [-0.25, -0.2) is 9.79 Å². The van der Waals surface area contributed by atoms with Crippen molar-refractivity contribution in [1.82, 2.24) is 0 Å². The molecule has 2 aromatic rings. The SMILES string of the molecule is C=CCOc1ccc(/C=C2\N=C(c3ccc(Cl)cc3)OC2=O)cc1OCC=C. The zero-order valence-electron chi connectivity index (χ0n) is 15.1. The predicted octanol–water partition coefficient (Wildman–Crippen LogP) is 4.81. The molecular weight excluding hydrogens is 378 g/mol. The van der Waals surface area contributed by atoms with Crippen LogP contribution in [0.25, 0.3) is 6.08 Å². The van der Waals surface area contributed by atoms with Gasteiger partial charge in [0.15, 0.2) is 17.2 Å². The minimum Gasteiger partial charge on any atom is -0.486 e. The first-order valence-corrected chi connectivity index (χ1v) is 8.88. The van der Waals surface area contributed by atoms with E-state index >= 15 is 0 Å². The van der Waals surface area contributed by atoms with Gasteiger partial charge in [0.2, 0.25) is 5.90 Å². The van der Waals surface area contributed by atoms with Crippen molar-refractivity contribution < 1.29 is 19.0 Å². The van der Waals surface area contributed by atoms with Gasteiger partial charge in [0.05, 0.1) is 0 Å². The monoisotopic (exact) mass is 395 g/mol. The summed E-state index contributed by atoms with van der Waals surface area (Å²) in [6, 6.07) is 12.2. The second-order valence-electron chi connectivity index (χ2n) is 5.75. The fraction of sp³-hybridized carbons (Fsp3) is 0.0909. The highest BCUT2D eigenvalue weighted by atomic mass is 35.5. The van der Waals surface area contributed by atoms with Crippen LogP contribution >= 0.6 is 11.6 Å². The normalized spacial score (nSPS) is 14.4. The first kappa shape index (κ1) is 19.5. The Bertz CT molecular complexity index is 961. The third kappa shape index (κ3) is 4.69. The fourth-order valence-electron chi connectivity index (χ4n) is 2.43. The van der Waals surface area contributed by atoms with E-state index in [1.807, 2.05) is 0 Å². The van der Waals surface area contributed by atoms with Crippen LogP contribution in [-0.2, 0) is 9.53 Å². The van der Waals surface area contributed by atoms with E-state index in [-0.39, 0.29) is 11.6 Å². The third-order valence-electron chi connectivity index (χ3n) is 3.70. The van der Waals surface area contributed by atoms with Crippen LogP contribution in [0.4, 0.5) is 0 Å². The van der Waals surface area contributed by atoms with E-state index in [0.29, 0.717) is 35.3 Å². The van der Waals surface area contributed by atoms with Crippen LogP contribution in [0.15, 0.2) is 78.5 Å². The number of halogens is 1. The van der Waals surface area contributed by atoms with Gasteiger partial charge in [-0.2, -0.15) is 0 Å². The molecule has 0 spiro atoms. The van der Waals surface area contributed by atoms with Crippen molar-refractivity contribution >= 4 is 29.5 Å². The minimum absolute atomic E-state index is 0.194. The molecule has 0 atom stereocenters. The maximum absolute atomic E-state index is 12.2. The van der Waals surface area contributed by atoms with Crippen molar-refractivity contribution in [3.8, 4) is 11.5 Å². The number of nitrogens with zero attached hydrogens (tertiary/aromatic N) is 1. The highest BCUT2D eigenvalue weighted by Crippen LogP contribution is 2.30. The van der Waals surface area contributed by atoms with E-state index in [0.717, 1.165) is 5.56 Å². The van der Waals surface area contributed by atoms with Crippen molar-refractivity contribution in [3.05, 3.63) is 89.6 Å². The minimum atomic E-state index is -0.523. The molecule has 0 fully saturated rings. The lowest BCUT2D eigenvalue weighted by Gasteiger charge is -2.11. The summed E-state index contributed by atoms with van der Waals surface area (Å²) < 4.78 is 16.5. The lowest BCUT2D eigenvalue weighted by molar-refractivity contribution is -0.129. The molecule has 5 nitrogen and oxygen atoms in total. The predicted molar refractivity (Wildman–Crippen MR) is 110 cm³/mol. The van der Waals surface area contributed by atoms with Crippen LogP contribution in [0.2, 0.25) is 5.02 Å². The molecule has 6 heteroatoms. The molecule has 0 aliphatic carbocycles. The maximum atomic E-state index is 12.2. The molecule has 1 aliphatic rings. The smallest absolute Gasteiger partial charge is 0.363 e. The van der Waals surface area contributed by atoms with Crippen LogP contribution in [0, 0.1) is 0 Å². The summed E-state index contributed by atoms with van der Waals surface area (Å²) in [4.78, 5) is 16.5. The fourth-order valence-corrected chi connectivity index (χ4v) is 2.55. The average Bonchev–Trinajstić information content (AvgIpc) is 3.06. The molecule has 1 aliphatic heterocycles. The largest absolute Gasteiger partial charge is 0.486 e. The molecule has 0 amide bonds. The number of benzene rings is 2. The summed E-state index contributed by atoms with van der Waals surface area (Å²) in [7, 11) is 0. The summed E-state index contributed by atoms with van der Waals surface area (Å²) in [5.41, 5.74) is 1.58. The van der Waals surface area contributed by atoms with Gasteiger partial charge in [-0.15, -0.1) is 0 Å². The van der Waals surface area contributed by atoms with E-state index in [4.69, 9.17) is 25.8 Å². The molecule has 2 aromatic carbocycles. The summed E-state index contributed by atoms with van der Waals surface area (Å²) in [5.74, 6) is 0.820. The lowest BCUT2D eigenvalue weighted by atomic mass is 10.1. The van der Waals surface area contributed by atoms with Crippen molar-refractivity contribution in [2.24, 2.45) is 4.99 Å². The quantitative estimate of drug-likeness (QED) is 0.365. The Morgan fingerprint density at radius 3 is 2.36 bits per heavy atom. The number of esters is 1.